The highest BCUT2D eigenvalue weighted by molar-refractivity contribution is 6.13. The van der Waals surface area contributed by atoms with Crippen molar-refractivity contribution in [3.8, 4) is 34.0 Å². The zero-order chi connectivity index (χ0) is 32.6. The summed E-state index contributed by atoms with van der Waals surface area (Å²) >= 11 is 0. The first-order chi connectivity index (χ1) is 24.2. The summed E-state index contributed by atoms with van der Waals surface area (Å²) in [6, 6.07) is 51.5. The van der Waals surface area contributed by atoms with Gasteiger partial charge in [0.15, 0.2) is 0 Å². The Morgan fingerprint density at radius 3 is 1.71 bits per heavy atom. The summed E-state index contributed by atoms with van der Waals surface area (Å²) < 4.78 is 22.3. The molecule has 5 heteroatoms. The summed E-state index contributed by atoms with van der Waals surface area (Å²) in [6.45, 7) is 0. The summed E-state index contributed by atoms with van der Waals surface area (Å²) in [5, 5.41) is 6.87. The van der Waals surface area contributed by atoms with Crippen molar-refractivity contribution in [1.82, 2.24) is 9.13 Å². The molecule has 0 aliphatic heterocycles. The highest BCUT2D eigenvalue weighted by atomic mass is 16.5. The average molecular weight is 635 g/mol. The van der Waals surface area contributed by atoms with Crippen molar-refractivity contribution >= 4 is 65.6 Å². The molecule has 0 bridgehead atoms. The minimum atomic E-state index is 0.832. The molecule has 0 unspecified atom stereocenters. The maximum absolute atomic E-state index is 6.33. The molecule has 49 heavy (non-hydrogen) atoms. The van der Waals surface area contributed by atoms with Crippen molar-refractivity contribution in [3.05, 3.63) is 146 Å². The number of para-hydroxylation sites is 2. The first-order valence-electron chi connectivity index (χ1n) is 16.4. The van der Waals surface area contributed by atoms with Gasteiger partial charge in [0.05, 0.1) is 36.3 Å². The molecule has 0 amide bonds. The van der Waals surface area contributed by atoms with Gasteiger partial charge in [-0.3, -0.25) is 0 Å². The molecule has 234 valence electrons. The lowest BCUT2D eigenvalue weighted by atomic mass is 10.0. The van der Waals surface area contributed by atoms with Gasteiger partial charge in [-0.25, -0.2) is 0 Å². The molecular weight excluding hydrogens is 604 g/mol. The van der Waals surface area contributed by atoms with E-state index in [2.05, 4.69) is 130 Å². The van der Waals surface area contributed by atoms with E-state index in [-0.39, 0.29) is 0 Å². The van der Waals surface area contributed by atoms with Crippen LogP contribution in [0.5, 0.6) is 11.5 Å². The van der Waals surface area contributed by atoms with Crippen LogP contribution in [0, 0.1) is 0 Å². The lowest BCUT2D eigenvalue weighted by Gasteiger charge is -2.10. The van der Waals surface area contributed by atoms with E-state index in [1.54, 1.807) is 14.2 Å². The number of rotatable bonds is 5. The summed E-state index contributed by atoms with van der Waals surface area (Å²) in [5.74, 6) is 1.67. The monoisotopic (exact) mass is 634 g/mol. The maximum Gasteiger partial charge on any atom is 0.137 e. The Morgan fingerprint density at radius 1 is 0.388 bits per heavy atom. The first-order valence-corrected chi connectivity index (χ1v) is 16.4. The van der Waals surface area contributed by atoms with Crippen molar-refractivity contribution < 1.29 is 13.9 Å². The zero-order valence-electron chi connectivity index (χ0n) is 27.0. The third kappa shape index (κ3) is 4.12. The van der Waals surface area contributed by atoms with Gasteiger partial charge in [0.2, 0.25) is 0 Å². The topological polar surface area (TPSA) is 41.5 Å². The molecule has 10 aromatic rings. The van der Waals surface area contributed by atoms with E-state index in [1.807, 2.05) is 24.3 Å². The van der Waals surface area contributed by atoms with E-state index < -0.39 is 0 Å². The van der Waals surface area contributed by atoms with Crippen LogP contribution in [0.4, 0.5) is 0 Å². The van der Waals surface area contributed by atoms with Crippen molar-refractivity contribution in [2.45, 2.75) is 0 Å². The van der Waals surface area contributed by atoms with Gasteiger partial charge in [0, 0.05) is 49.8 Å². The van der Waals surface area contributed by atoms with Crippen LogP contribution in [0.1, 0.15) is 0 Å². The van der Waals surface area contributed by atoms with Crippen molar-refractivity contribution in [2.75, 3.05) is 14.2 Å². The van der Waals surface area contributed by atoms with Crippen molar-refractivity contribution in [1.29, 1.82) is 0 Å². The van der Waals surface area contributed by atoms with Crippen molar-refractivity contribution in [2.24, 2.45) is 0 Å². The SMILES string of the molecule is COc1ccc2c(c1)c1cc(-c3ccc4c5cc(OC)ccc5n(-c5ccc6c(c5)oc5ccccc56)c4c3)ccc1n2-c1ccccc1. The third-order valence-electron chi connectivity index (χ3n) is 9.91. The van der Waals surface area contributed by atoms with Crippen LogP contribution in [0.2, 0.25) is 0 Å². The van der Waals surface area contributed by atoms with E-state index in [1.165, 1.54) is 5.39 Å². The van der Waals surface area contributed by atoms with Crippen LogP contribution >= 0.6 is 0 Å². The lowest BCUT2D eigenvalue weighted by Crippen LogP contribution is -1.94. The second-order valence-corrected chi connectivity index (χ2v) is 12.5. The Hall–Kier alpha value is -6.46. The molecule has 0 saturated heterocycles. The van der Waals surface area contributed by atoms with Gasteiger partial charge in [-0.05, 0) is 96.1 Å². The number of methoxy groups -OCH3 is 2. The van der Waals surface area contributed by atoms with Crippen LogP contribution in [-0.2, 0) is 0 Å². The Labute approximate surface area is 281 Å². The highest BCUT2D eigenvalue weighted by Gasteiger charge is 2.18. The molecule has 0 N–H and O–H groups in total. The molecular formula is C44H30N2O3. The third-order valence-corrected chi connectivity index (χ3v) is 9.91. The quantitative estimate of drug-likeness (QED) is 0.189. The molecule has 0 spiro atoms. The largest absolute Gasteiger partial charge is 0.497 e. The summed E-state index contributed by atoms with van der Waals surface area (Å²) in [7, 11) is 3.44. The number of nitrogens with zero attached hydrogens (tertiary/aromatic N) is 2. The average Bonchev–Trinajstić information content (AvgIpc) is 3.81. The van der Waals surface area contributed by atoms with Gasteiger partial charge in [0.1, 0.15) is 22.7 Å². The van der Waals surface area contributed by atoms with E-state index in [4.69, 9.17) is 13.9 Å². The van der Waals surface area contributed by atoms with Gasteiger partial charge < -0.3 is 23.0 Å². The van der Waals surface area contributed by atoms with E-state index in [0.717, 1.165) is 94.2 Å². The van der Waals surface area contributed by atoms with Gasteiger partial charge in [0.25, 0.3) is 0 Å². The second kappa shape index (κ2) is 10.5. The molecule has 0 aliphatic carbocycles. The van der Waals surface area contributed by atoms with Crippen LogP contribution in [0.25, 0.3) is 88.1 Å². The van der Waals surface area contributed by atoms with Crippen LogP contribution in [-0.4, -0.2) is 23.4 Å². The van der Waals surface area contributed by atoms with Crippen LogP contribution in [0.15, 0.2) is 150 Å². The fraction of sp³-hybridized carbons (Fsp3) is 0.0455. The molecule has 0 saturated carbocycles. The molecule has 7 aromatic carbocycles. The molecule has 5 nitrogen and oxygen atoms in total. The molecule has 10 rings (SSSR count). The maximum atomic E-state index is 6.33. The number of fused-ring (bicyclic) bond motifs is 9. The Balaban J connectivity index is 1.21. The van der Waals surface area contributed by atoms with Gasteiger partial charge in [-0.15, -0.1) is 0 Å². The lowest BCUT2D eigenvalue weighted by molar-refractivity contribution is 0.415. The molecule has 3 aromatic heterocycles. The Kier molecular flexibility index (Phi) is 5.94. The number of hydrogen-bond acceptors (Lipinski definition) is 3. The van der Waals surface area contributed by atoms with Gasteiger partial charge >= 0.3 is 0 Å². The van der Waals surface area contributed by atoms with Crippen molar-refractivity contribution in [3.63, 3.8) is 0 Å². The Morgan fingerprint density at radius 2 is 0.959 bits per heavy atom. The van der Waals surface area contributed by atoms with E-state index in [9.17, 15) is 0 Å². The minimum absolute atomic E-state index is 0.832. The summed E-state index contributed by atoms with van der Waals surface area (Å²) in [4.78, 5) is 0. The normalized spacial score (nSPS) is 11.9. The highest BCUT2D eigenvalue weighted by Crippen LogP contribution is 2.40. The second-order valence-electron chi connectivity index (χ2n) is 12.5. The number of aromatic nitrogens is 2. The number of ether oxygens (including phenoxy) is 2. The fourth-order valence-corrected chi connectivity index (χ4v) is 7.60. The fourth-order valence-electron chi connectivity index (χ4n) is 7.60. The van der Waals surface area contributed by atoms with Crippen LogP contribution < -0.4 is 9.47 Å². The predicted molar refractivity (Wildman–Crippen MR) is 201 cm³/mol. The zero-order valence-corrected chi connectivity index (χ0v) is 27.0. The number of furan rings is 1. The van der Waals surface area contributed by atoms with Gasteiger partial charge in [-0.1, -0.05) is 54.6 Å². The molecule has 0 atom stereocenters. The number of hydrogen-bond donors (Lipinski definition) is 0. The Bertz CT molecular complexity index is 2910. The summed E-state index contributed by atoms with van der Waals surface area (Å²) in [5.41, 5.74) is 10.7. The first kappa shape index (κ1) is 27.6. The predicted octanol–water partition coefficient (Wildman–Crippen LogP) is 11.5. The molecule has 0 aliphatic rings. The molecule has 0 radical (unpaired) electrons. The number of benzene rings is 7. The molecule has 0 fully saturated rings. The van der Waals surface area contributed by atoms with Crippen LogP contribution in [0.3, 0.4) is 0 Å². The minimum Gasteiger partial charge on any atom is -0.497 e. The van der Waals surface area contributed by atoms with E-state index >= 15 is 0 Å². The smallest absolute Gasteiger partial charge is 0.137 e. The molecule has 3 heterocycles. The summed E-state index contributed by atoms with van der Waals surface area (Å²) in [6.07, 6.45) is 0. The van der Waals surface area contributed by atoms with E-state index in [0.29, 0.717) is 0 Å². The van der Waals surface area contributed by atoms with Gasteiger partial charge in [-0.2, -0.15) is 0 Å². The standard InChI is InChI=1S/C44H30N2O3/c1-47-31-15-20-40-37(25-31)33-17-12-28(23-42(33)46(40)30-14-18-35-34-10-6-7-11-43(34)49-44(35)24-30)27-13-19-39-36(22-27)38-26-32(48-2)16-21-41(38)45(39)29-8-4-3-5-9-29/h3-26H,1-2H3.